The normalized spacial score (nSPS) is 10.6. The van der Waals surface area contributed by atoms with Gasteiger partial charge in [-0.25, -0.2) is 0 Å². The van der Waals surface area contributed by atoms with Gasteiger partial charge in [0.25, 0.3) is 5.91 Å². The van der Waals surface area contributed by atoms with Gasteiger partial charge in [0.15, 0.2) is 0 Å². The summed E-state index contributed by atoms with van der Waals surface area (Å²) in [6.07, 6.45) is 1.55. The van der Waals surface area contributed by atoms with Gasteiger partial charge in [-0.1, -0.05) is 13.8 Å². The van der Waals surface area contributed by atoms with E-state index in [1.807, 2.05) is 13.8 Å². The van der Waals surface area contributed by atoms with Crippen LogP contribution in [0.2, 0.25) is 0 Å². The summed E-state index contributed by atoms with van der Waals surface area (Å²) in [4.78, 5) is 15.3. The van der Waals surface area contributed by atoms with Crippen LogP contribution in [-0.4, -0.2) is 10.9 Å². The van der Waals surface area contributed by atoms with Gasteiger partial charge in [-0.3, -0.25) is 9.78 Å². The monoisotopic (exact) mass is 192 g/mol. The van der Waals surface area contributed by atoms with Crippen molar-refractivity contribution in [1.29, 1.82) is 0 Å². The maximum absolute atomic E-state index is 11.1. The predicted molar refractivity (Wildman–Crippen MR) is 56.3 cm³/mol. The van der Waals surface area contributed by atoms with Crippen molar-refractivity contribution in [3.8, 4) is 0 Å². The van der Waals surface area contributed by atoms with Crippen LogP contribution in [0.5, 0.6) is 0 Å². The summed E-state index contributed by atoms with van der Waals surface area (Å²) in [6.45, 7) is 8.04. The number of rotatable bonds is 2. The zero-order chi connectivity index (χ0) is 10.9. The summed E-state index contributed by atoms with van der Waals surface area (Å²) in [6, 6.07) is 0. The number of primary amides is 1. The number of aromatic nitrogens is 1. The lowest BCUT2D eigenvalue weighted by atomic mass is 9.94. The fraction of sp³-hybridized carbons (Fsp3) is 0.455. The lowest BCUT2D eigenvalue weighted by Gasteiger charge is -2.14. The molecule has 0 fully saturated rings. The fourth-order valence-electron chi connectivity index (χ4n) is 1.84. The minimum atomic E-state index is -0.406. The molecule has 3 heteroatoms. The van der Waals surface area contributed by atoms with Crippen LogP contribution >= 0.6 is 0 Å². The minimum Gasteiger partial charge on any atom is -0.366 e. The minimum absolute atomic E-state index is 0.363. The number of pyridine rings is 1. The Morgan fingerprint density at radius 1 is 1.43 bits per heavy atom. The Morgan fingerprint density at radius 3 is 2.43 bits per heavy atom. The van der Waals surface area contributed by atoms with Crippen molar-refractivity contribution in [3.63, 3.8) is 0 Å². The van der Waals surface area contributed by atoms with Crippen LogP contribution in [0.15, 0.2) is 6.20 Å². The zero-order valence-corrected chi connectivity index (χ0v) is 9.09. The number of hydrogen-bond acceptors (Lipinski definition) is 2. The van der Waals surface area contributed by atoms with E-state index in [0.717, 1.165) is 16.8 Å². The second kappa shape index (κ2) is 3.78. The highest BCUT2D eigenvalue weighted by Gasteiger charge is 2.14. The van der Waals surface area contributed by atoms with Crippen LogP contribution in [0.3, 0.4) is 0 Å². The molecule has 3 nitrogen and oxygen atoms in total. The molecule has 0 bridgehead atoms. The molecule has 0 unspecified atom stereocenters. The van der Waals surface area contributed by atoms with Crippen molar-refractivity contribution >= 4 is 5.91 Å². The molecule has 0 radical (unpaired) electrons. The topological polar surface area (TPSA) is 56.0 Å². The molecule has 1 heterocycles. The van der Waals surface area contributed by atoms with Crippen LogP contribution < -0.4 is 5.73 Å². The summed E-state index contributed by atoms with van der Waals surface area (Å²) >= 11 is 0. The molecule has 1 amide bonds. The van der Waals surface area contributed by atoms with Gasteiger partial charge in [-0.2, -0.15) is 0 Å². The Morgan fingerprint density at radius 2 is 2.00 bits per heavy atom. The van der Waals surface area contributed by atoms with Crippen molar-refractivity contribution in [2.45, 2.75) is 33.6 Å². The van der Waals surface area contributed by atoms with Gasteiger partial charge >= 0.3 is 0 Å². The van der Waals surface area contributed by atoms with Gasteiger partial charge in [0.2, 0.25) is 0 Å². The number of nitrogens with two attached hydrogens (primary N) is 1. The lowest BCUT2D eigenvalue weighted by molar-refractivity contribution is 0.0999. The first-order chi connectivity index (χ1) is 6.45. The Balaban J connectivity index is 3.41. The molecule has 1 rings (SSSR count). The number of carbonyl (C=O) groups excluding carboxylic acids is 1. The quantitative estimate of drug-likeness (QED) is 0.778. The van der Waals surface area contributed by atoms with E-state index < -0.39 is 5.91 Å². The van der Waals surface area contributed by atoms with Crippen LogP contribution in [-0.2, 0) is 0 Å². The number of hydrogen-bond donors (Lipinski definition) is 1. The number of amides is 1. The molecule has 0 atom stereocenters. The van der Waals surface area contributed by atoms with E-state index in [0.29, 0.717) is 11.5 Å². The first kappa shape index (κ1) is 10.7. The third-order valence-electron chi connectivity index (χ3n) is 2.43. The van der Waals surface area contributed by atoms with Crippen molar-refractivity contribution in [2.75, 3.05) is 0 Å². The maximum Gasteiger partial charge on any atom is 0.250 e. The van der Waals surface area contributed by atoms with Crippen molar-refractivity contribution < 1.29 is 4.79 Å². The molecule has 0 saturated carbocycles. The molecular formula is C11H16N2O. The molecule has 0 aliphatic carbocycles. The first-order valence-electron chi connectivity index (χ1n) is 4.71. The van der Waals surface area contributed by atoms with Crippen LogP contribution in [0.1, 0.15) is 46.9 Å². The van der Waals surface area contributed by atoms with Gasteiger partial charge in [-0.15, -0.1) is 0 Å². The smallest absolute Gasteiger partial charge is 0.250 e. The Bertz CT molecular complexity index is 370. The molecule has 14 heavy (non-hydrogen) atoms. The third-order valence-corrected chi connectivity index (χ3v) is 2.43. The highest BCUT2D eigenvalue weighted by molar-refractivity contribution is 5.94. The van der Waals surface area contributed by atoms with E-state index >= 15 is 0 Å². The molecule has 0 aromatic carbocycles. The van der Waals surface area contributed by atoms with E-state index in [9.17, 15) is 4.79 Å². The third kappa shape index (κ3) is 1.76. The van der Waals surface area contributed by atoms with Crippen molar-refractivity contribution in [1.82, 2.24) is 4.98 Å². The largest absolute Gasteiger partial charge is 0.366 e. The van der Waals surface area contributed by atoms with Gasteiger partial charge < -0.3 is 5.73 Å². The SMILES string of the molecule is Cc1ncc(C(N)=O)c(C)c1C(C)C. The standard InChI is InChI=1S/C11H16N2O/c1-6(2)10-7(3)9(11(12)14)5-13-8(10)4/h5-6H,1-4H3,(H2,12,14). The lowest BCUT2D eigenvalue weighted by Crippen LogP contribution is -2.15. The maximum atomic E-state index is 11.1. The molecule has 76 valence electrons. The van der Waals surface area contributed by atoms with E-state index in [4.69, 9.17) is 5.73 Å². The van der Waals surface area contributed by atoms with E-state index in [2.05, 4.69) is 18.8 Å². The van der Waals surface area contributed by atoms with E-state index in [-0.39, 0.29) is 0 Å². The Hall–Kier alpha value is -1.38. The molecule has 0 aliphatic rings. The second-order valence-corrected chi connectivity index (χ2v) is 3.81. The summed E-state index contributed by atoms with van der Waals surface area (Å²) in [5.74, 6) is -0.0429. The Labute approximate surface area is 84.3 Å². The molecule has 0 aliphatic heterocycles. The highest BCUT2D eigenvalue weighted by Crippen LogP contribution is 2.23. The number of carbonyl (C=O) groups is 1. The molecule has 1 aromatic heterocycles. The predicted octanol–water partition coefficient (Wildman–Crippen LogP) is 1.92. The summed E-state index contributed by atoms with van der Waals surface area (Å²) in [5, 5.41) is 0. The summed E-state index contributed by atoms with van der Waals surface area (Å²) in [7, 11) is 0. The van der Waals surface area contributed by atoms with Gasteiger partial charge in [0.1, 0.15) is 0 Å². The van der Waals surface area contributed by atoms with Crippen LogP contribution in [0, 0.1) is 13.8 Å². The van der Waals surface area contributed by atoms with Crippen molar-refractivity contribution in [2.24, 2.45) is 5.73 Å². The molecule has 0 spiro atoms. The molecular weight excluding hydrogens is 176 g/mol. The van der Waals surface area contributed by atoms with Gasteiger partial charge in [0, 0.05) is 11.9 Å². The first-order valence-corrected chi connectivity index (χ1v) is 4.71. The summed E-state index contributed by atoms with van der Waals surface area (Å²) in [5.41, 5.74) is 8.84. The van der Waals surface area contributed by atoms with Crippen LogP contribution in [0.25, 0.3) is 0 Å². The number of aryl methyl sites for hydroxylation is 1. The number of nitrogens with zero attached hydrogens (tertiary/aromatic N) is 1. The summed E-state index contributed by atoms with van der Waals surface area (Å²) < 4.78 is 0. The second-order valence-electron chi connectivity index (χ2n) is 3.81. The van der Waals surface area contributed by atoms with Crippen molar-refractivity contribution in [3.05, 3.63) is 28.6 Å². The zero-order valence-electron chi connectivity index (χ0n) is 9.09. The average molecular weight is 192 g/mol. The highest BCUT2D eigenvalue weighted by atomic mass is 16.1. The van der Waals surface area contributed by atoms with Gasteiger partial charge in [0.05, 0.1) is 5.56 Å². The van der Waals surface area contributed by atoms with E-state index in [1.165, 1.54) is 0 Å². The molecule has 0 saturated heterocycles. The Kier molecular flexibility index (Phi) is 2.89. The molecule has 2 N–H and O–H groups in total. The van der Waals surface area contributed by atoms with E-state index in [1.54, 1.807) is 6.20 Å². The molecule has 1 aromatic rings. The average Bonchev–Trinajstić information content (AvgIpc) is 2.02. The fourth-order valence-corrected chi connectivity index (χ4v) is 1.84. The van der Waals surface area contributed by atoms with Crippen LogP contribution in [0.4, 0.5) is 0 Å². The van der Waals surface area contributed by atoms with Gasteiger partial charge in [-0.05, 0) is 30.9 Å².